The van der Waals surface area contributed by atoms with Crippen LogP contribution in [0.4, 0.5) is 0 Å². The van der Waals surface area contributed by atoms with Crippen LogP contribution in [0.15, 0.2) is 54.7 Å². The summed E-state index contributed by atoms with van der Waals surface area (Å²) < 4.78 is 2.31. The van der Waals surface area contributed by atoms with Gasteiger partial charge in [-0.2, -0.15) is 0 Å². The van der Waals surface area contributed by atoms with Gasteiger partial charge >= 0.3 is 0 Å². The summed E-state index contributed by atoms with van der Waals surface area (Å²) in [5, 5.41) is 5.90. The van der Waals surface area contributed by atoms with E-state index in [1.165, 1.54) is 16.5 Å². The summed E-state index contributed by atoms with van der Waals surface area (Å²) in [4.78, 5) is 0. The lowest BCUT2D eigenvalue weighted by Gasteiger charge is -2.33. The number of rotatable bonds is 6. The van der Waals surface area contributed by atoms with E-state index in [0.29, 0.717) is 5.41 Å². The monoisotopic (exact) mass is 382 g/mol. The van der Waals surface area contributed by atoms with Crippen molar-refractivity contribution in [3.05, 3.63) is 70.9 Å². The van der Waals surface area contributed by atoms with Gasteiger partial charge in [-0.25, -0.2) is 0 Å². The number of hydrogen-bond donors (Lipinski definition) is 1. The van der Waals surface area contributed by atoms with Crippen LogP contribution in [0.25, 0.3) is 10.9 Å². The van der Waals surface area contributed by atoms with Crippen LogP contribution in [0.2, 0.25) is 5.02 Å². The molecule has 0 atom stereocenters. The maximum atomic E-state index is 6.39. The predicted octanol–water partition coefficient (Wildman–Crippen LogP) is 6.65. The summed E-state index contributed by atoms with van der Waals surface area (Å²) in [6.07, 6.45) is 3.40. The molecule has 3 aromatic rings. The summed E-state index contributed by atoms with van der Waals surface area (Å²) in [6, 6.07) is 16.7. The van der Waals surface area contributed by atoms with Crippen molar-refractivity contribution in [2.45, 2.75) is 59.7 Å². The highest BCUT2D eigenvalue weighted by atomic mass is 35.5. The first-order valence-corrected chi connectivity index (χ1v) is 10.1. The van der Waals surface area contributed by atoms with Crippen LogP contribution in [0.5, 0.6) is 0 Å². The van der Waals surface area contributed by atoms with Crippen molar-refractivity contribution in [3.8, 4) is 0 Å². The van der Waals surface area contributed by atoms with E-state index in [1.807, 2.05) is 18.2 Å². The second kappa shape index (κ2) is 7.69. The molecule has 0 aliphatic rings. The fraction of sp³-hybridized carbons (Fsp3) is 0.417. The third kappa shape index (κ3) is 5.15. The van der Waals surface area contributed by atoms with Gasteiger partial charge in [0, 0.05) is 40.8 Å². The third-order valence-corrected chi connectivity index (χ3v) is 5.27. The summed E-state index contributed by atoms with van der Waals surface area (Å²) in [7, 11) is 0. The summed E-state index contributed by atoms with van der Waals surface area (Å²) in [6.45, 7) is 13.1. The lowest BCUT2D eigenvalue weighted by atomic mass is 9.82. The Morgan fingerprint density at radius 2 is 1.56 bits per heavy atom. The van der Waals surface area contributed by atoms with Crippen molar-refractivity contribution in [2.24, 2.45) is 5.41 Å². The largest absolute Gasteiger partial charge is 0.343 e. The molecule has 0 saturated heterocycles. The molecule has 2 aromatic carbocycles. The highest BCUT2D eigenvalue weighted by Crippen LogP contribution is 2.28. The van der Waals surface area contributed by atoms with Gasteiger partial charge in [-0.1, -0.05) is 68.8 Å². The molecule has 1 heterocycles. The molecule has 0 aliphatic carbocycles. The molecule has 3 rings (SSSR count). The van der Waals surface area contributed by atoms with E-state index in [-0.39, 0.29) is 5.54 Å². The number of nitrogens with one attached hydrogen (secondary N) is 1. The number of fused-ring (bicyclic) bond motifs is 1. The van der Waals surface area contributed by atoms with Gasteiger partial charge in [-0.15, -0.1) is 0 Å². The van der Waals surface area contributed by atoms with Gasteiger partial charge in [0.15, 0.2) is 0 Å². The molecular formula is C24H31ClN2. The SMILES string of the molecule is CC(C)(C)CC(C)(C)NCc1cn(Cc2ccccc2Cl)c2ccccc12. The van der Waals surface area contributed by atoms with E-state index in [2.05, 4.69) is 81.0 Å². The number of halogens is 1. The quantitative estimate of drug-likeness (QED) is 0.505. The van der Waals surface area contributed by atoms with Crippen LogP contribution >= 0.6 is 11.6 Å². The van der Waals surface area contributed by atoms with Gasteiger partial charge in [0.1, 0.15) is 0 Å². The third-order valence-electron chi connectivity index (χ3n) is 4.90. The number of aromatic nitrogens is 1. The minimum absolute atomic E-state index is 0.0875. The molecular weight excluding hydrogens is 352 g/mol. The first kappa shape index (κ1) is 20.0. The van der Waals surface area contributed by atoms with Gasteiger partial charge in [-0.3, -0.25) is 0 Å². The number of benzene rings is 2. The van der Waals surface area contributed by atoms with Crippen LogP contribution in [0, 0.1) is 5.41 Å². The molecule has 0 saturated carbocycles. The highest BCUT2D eigenvalue weighted by Gasteiger charge is 2.25. The van der Waals surface area contributed by atoms with Gasteiger partial charge in [-0.05, 0) is 48.9 Å². The molecule has 3 heteroatoms. The highest BCUT2D eigenvalue weighted by molar-refractivity contribution is 6.31. The smallest absolute Gasteiger partial charge is 0.0491 e. The van der Waals surface area contributed by atoms with E-state index >= 15 is 0 Å². The molecule has 2 nitrogen and oxygen atoms in total. The second-order valence-corrected chi connectivity index (χ2v) is 9.77. The van der Waals surface area contributed by atoms with Gasteiger partial charge in [0.05, 0.1) is 0 Å². The van der Waals surface area contributed by atoms with Crippen LogP contribution in [-0.4, -0.2) is 10.1 Å². The Morgan fingerprint density at radius 1 is 0.889 bits per heavy atom. The average Bonchev–Trinajstić information content (AvgIpc) is 2.91. The normalized spacial score (nSPS) is 12.7. The van der Waals surface area contributed by atoms with Crippen LogP contribution < -0.4 is 5.32 Å². The fourth-order valence-corrected chi connectivity index (χ4v) is 4.32. The maximum absolute atomic E-state index is 6.39. The molecule has 0 bridgehead atoms. The van der Waals surface area contributed by atoms with Gasteiger partial charge < -0.3 is 9.88 Å². The van der Waals surface area contributed by atoms with E-state index < -0.39 is 0 Å². The van der Waals surface area contributed by atoms with Gasteiger partial charge in [0.2, 0.25) is 0 Å². The van der Waals surface area contributed by atoms with Crippen molar-refractivity contribution in [3.63, 3.8) is 0 Å². The summed E-state index contributed by atoms with van der Waals surface area (Å²) in [5.74, 6) is 0. The molecule has 1 aromatic heterocycles. The molecule has 27 heavy (non-hydrogen) atoms. The van der Waals surface area contributed by atoms with E-state index in [0.717, 1.165) is 30.1 Å². The van der Waals surface area contributed by atoms with E-state index in [9.17, 15) is 0 Å². The molecule has 0 fully saturated rings. The lowest BCUT2D eigenvalue weighted by molar-refractivity contribution is 0.241. The van der Waals surface area contributed by atoms with Crippen LogP contribution in [0.3, 0.4) is 0 Å². The Morgan fingerprint density at radius 3 is 2.26 bits per heavy atom. The summed E-state index contributed by atoms with van der Waals surface area (Å²) >= 11 is 6.39. The standard InChI is InChI=1S/C24H31ClN2/c1-23(2,3)17-24(4,5)26-14-19-16-27(22-13-9-7-11-20(19)22)15-18-10-6-8-12-21(18)25/h6-13,16,26H,14-15,17H2,1-5H3. The van der Waals surface area contributed by atoms with Crippen molar-refractivity contribution >= 4 is 22.5 Å². The molecule has 0 radical (unpaired) electrons. The van der Waals surface area contributed by atoms with Crippen LogP contribution in [-0.2, 0) is 13.1 Å². The molecule has 0 unspecified atom stereocenters. The molecule has 1 N–H and O–H groups in total. The zero-order valence-corrected chi connectivity index (χ0v) is 17.9. The first-order valence-electron chi connectivity index (χ1n) is 9.70. The topological polar surface area (TPSA) is 17.0 Å². The Bertz CT molecular complexity index is 916. The van der Waals surface area contributed by atoms with Crippen molar-refractivity contribution in [1.82, 2.24) is 9.88 Å². The number of hydrogen-bond acceptors (Lipinski definition) is 1. The molecule has 144 valence electrons. The van der Waals surface area contributed by atoms with E-state index in [4.69, 9.17) is 11.6 Å². The molecule has 0 aliphatic heterocycles. The first-order chi connectivity index (χ1) is 12.6. The predicted molar refractivity (Wildman–Crippen MR) is 117 cm³/mol. The zero-order valence-electron chi connectivity index (χ0n) is 17.1. The molecule has 0 amide bonds. The van der Waals surface area contributed by atoms with Crippen LogP contribution in [0.1, 0.15) is 52.2 Å². The van der Waals surface area contributed by atoms with E-state index in [1.54, 1.807) is 0 Å². The Hall–Kier alpha value is -1.77. The fourth-order valence-electron chi connectivity index (χ4n) is 4.13. The maximum Gasteiger partial charge on any atom is 0.0491 e. The minimum Gasteiger partial charge on any atom is -0.343 e. The number of nitrogens with zero attached hydrogens (tertiary/aromatic N) is 1. The van der Waals surface area contributed by atoms with Crippen molar-refractivity contribution < 1.29 is 0 Å². The van der Waals surface area contributed by atoms with Crippen molar-refractivity contribution in [1.29, 1.82) is 0 Å². The number of para-hydroxylation sites is 1. The Balaban J connectivity index is 1.86. The lowest BCUT2D eigenvalue weighted by Crippen LogP contribution is -2.41. The van der Waals surface area contributed by atoms with Gasteiger partial charge in [0.25, 0.3) is 0 Å². The second-order valence-electron chi connectivity index (χ2n) is 9.37. The average molecular weight is 383 g/mol. The van der Waals surface area contributed by atoms with Crippen molar-refractivity contribution in [2.75, 3.05) is 0 Å². The zero-order chi connectivity index (χ0) is 19.7. The summed E-state index contributed by atoms with van der Waals surface area (Å²) in [5.41, 5.74) is 4.12. The minimum atomic E-state index is 0.0875. The Labute approximate surface area is 168 Å². The Kier molecular flexibility index (Phi) is 5.69. The molecule has 0 spiro atoms.